The molecule has 0 aromatic carbocycles. The molecule has 0 saturated carbocycles. The van der Waals surface area contributed by atoms with Crippen molar-refractivity contribution in [3.05, 3.63) is 33.7 Å². The fraction of sp³-hybridized carbons (Fsp3) is 0.364. The molecule has 0 spiro atoms. The maximum Gasteiger partial charge on any atom is 0.106 e. The Bertz CT molecular complexity index is 401. The van der Waals surface area contributed by atoms with E-state index >= 15 is 0 Å². The second-order valence-electron chi connectivity index (χ2n) is 3.57. The van der Waals surface area contributed by atoms with Crippen LogP contribution in [0.3, 0.4) is 0 Å². The Hall–Kier alpha value is -1.09. The number of thiophene rings is 1. The highest BCUT2D eigenvalue weighted by atomic mass is 32.1. The Labute approximate surface area is 88.4 Å². The molecule has 1 aliphatic heterocycles. The third-order valence-corrected chi connectivity index (χ3v) is 3.47. The Morgan fingerprint density at radius 3 is 2.71 bits per heavy atom. The molecule has 0 bridgehead atoms. The van der Waals surface area contributed by atoms with Crippen molar-refractivity contribution in [2.75, 3.05) is 0 Å². The number of hydrogen-bond donors (Lipinski definition) is 1. The molecule has 0 saturated heterocycles. The molecule has 1 unspecified atom stereocenters. The largest absolute Gasteiger partial charge is 0.351 e. The molecule has 14 heavy (non-hydrogen) atoms. The summed E-state index contributed by atoms with van der Waals surface area (Å²) < 4.78 is 0. The van der Waals surface area contributed by atoms with Crippen LogP contribution < -0.4 is 5.32 Å². The summed E-state index contributed by atoms with van der Waals surface area (Å²) in [4.78, 5) is 7.28. The van der Waals surface area contributed by atoms with Crippen LogP contribution in [0.15, 0.2) is 23.3 Å². The number of rotatable bonds is 1. The van der Waals surface area contributed by atoms with Gasteiger partial charge in [0.1, 0.15) is 6.04 Å². The third-order valence-electron chi connectivity index (χ3n) is 2.25. The number of aliphatic imine (C=N–C) groups is 1. The maximum atomic E-state index is 4.56. The quantitative estimate of drug-likeness (QED) is 0.750. The van der Waals surface area contributed by atoms with E-state index in [1.807, 2.05) is 24.5 Å². The first-order valence-electron chi connectivity index (χ1n) is 4.71. The molecule has 1 aliphatic rings. The molecule has 1 aromatic rings. The van der Waals surface area contributed by atoms with E-state index in [0.29, 0.717) is 0 Å². The van der Waals surface area contributed by atoms with Crippen LogP contribution >= 0.6 is 11.3 Å². The average molecular weight is 206 g/mol. The Morgan fingerprint density at radius 2 is 2.14 bits per heavy atom. The van der Waals surface area contributed by atoms with Crippen molar-refractivity contribution in [1.29, 1.82) is 0 Å². The lowest BCUT2D eigenvalue weighted by molar-refractivity contribution is 0.881. The summed E-state index contributed by atoms with van der Waals surface area (Å²) in [5.41, 5.74) is 1.35. The first-order valence-corrected chi connectivity index (χ1v) is 5.53. The summed E-state index contributed by atoms with van der Waals surface area (Å²) in [5.74, 6) is 0.989. The molecule has 74 valence electrons. The molecule has 1 aromatic heterocycles. The summed E-state index contributed by atoms with van der Waals surface area (Å²) in [5, 5.41) is 3.08. The van der Waals surface area contributed by atoms with E-state index in [0.717, 1.165) is 5.84 Å². The van der Waals surface area contributed by atoms with Crippen molar-refractivity contribution in [1.82, 2.24) is 5.32 Å². The van der Waals surface area contributed by atoms with Crippen LogP contribution in [0, 0.1) is 13.8 Å². The first-order chi connectivity index (χ1) is 6.66. The van der Waals surface area contributed by atoms with Gasteiger partial charge in [-0.05, 0) is 38.5 Å². The molecule has 2 heterocycles. The summed E-state index contributed by atoms with van der Waals surface area (Å²) >= 11 is 1.84. The van der Waals surface area contributed by atoms with Gasteiger partial charge in [0.15, 0.2) is 0 Å². The second-order valence-corrected chi connectivity index (χ2v) is 4.86. The van der Waals surface area contributed by atoms with Gasteiger partial charge in [0.05, 0.1) is 5.84 Å². The van der Waals surface area contributed by atoms with Crippen LogP contribution in [0.4, 0.5) is 0 Å². The second kappa shape index (κ2) is 3.58. The number of aryl methyl sites for hydroxylation is 2. The fourth-order valence-corrected chi connectivity index (χ4v) is 2.70. The molecule has 0 fully saturated rings. The minimum Gasteiger partial charge on any atom is -0.351 e. The van der Waals surface area contributed by atoms with Crippen molar-refractivity contribution >= 4 is 17.2 Å². The van der Waals surface area contributed by atoms with Crippen LogP contribution in [-0.4, -0.2) is 5.84 Å². The highest BCUT2D eigenvalue weighted by Gasteiger charge is 2.14. The molecule has 1 N–H and O–H groups in total. The lowest BCUT2D eigenvalue weighted by Crippen LogP contribution is -2.18. The molecule has 2 rings (SSSR count). The van der Waals surface area contributed by atoms with Gasteiger partial charge >= 0.3 is 0 Å². The highest BCUT2D eigenvalue weighted by molar-refractivity contribution is 7.12. The molecule has 1 atom stereocenters. The minimum atomic E-state index is 0.218. The summed E-state index contributed by atoms with van der Waals surface area (Å²) in [6, 6.07) is 2.44. The van der Waals surface area contributed by atoms with Gasteiger partial charge in [0.2, 0.25) is 0 Å². The van der Waals surface area contributed by atoms with Crippen molar-refractivity contribution in [3.8, 4) is 0 Å². The number of nitrogens with zero attached hydrogens (tertiary/aromatic N) is 1. The summed E-state index contributed by atoms with van der Waals surface area (Å²) in [7, 11) is 0. The molecule has 3 heteroatoms. The molecule has 0 amide bonds. The van der Waals surface area contributed by atoms with Gasteiger partial charge in [-0.2, -0.15) is 0 Å². The fourth-order valence-electron chi connectivity index (χ4n) is 1.65. The van der Waals surface area contributed by atoms with Crippen LogP contribution in [0.5, 0.6) is 0 Å². The molecule has 0 aliphatic carbocycles. The molecular weight excluding hydrogens is 192 g/mol. The van der Waals surface area contributed by atoms with Crippen molar-refractivity contribution in [2.24, 2.45) is 4.99 Å². The van der Waals surface area contributed by atoms with Crippen LogP contribution in [0.1, 0.15) is 28.3 Å². The topological polar surface area (TPSA) is 24.4 Å². The summed E-state index contributed by atoms with van der Waals surface area (Å²) in [6.45, 7) is 6.29. The Kier molecular flexibility index (Phi) is 2.42. The number of hydrogen-bond acceptors (Lipinski definition) is 3. The minimum absolute atomic E-state index is 0.218. The van der Waals surface area contributed by atoms with Crippen LogP contribution in [-0.2, 0) is 0 Å². The van der Waals surface area contributed by atoms with E-state index < -0.39 is 0 Å². The lowest BCUT2D eigenvalue weighted by Gasteiger charge is -2.13. The standard InChI is InChI=1S/C11H14N2S/c1-7-6-8(2)14-11(7)10-4-5-12-9(3)13-10/h4-6,10H,1-3H3,(H,12,13). The number of nitrogens with one attached hydrogen (secondary N) is 1. The van der Waals surface area contributed by atoms with Gasteiger partial charge in [0.25, 0.3) is 0 Å². The first kappa shape index (κ1) is 9.46. The number of amidine groups is 1. The molecule has 0 radical (unpaired) electrons. The Morgan fingerprint density at radius 1 is 1.36 bits per heavy atom. The normalized spacial score (nSPS) is 20.5. The molecular formula is C11H14N2S. The molecule has 2 nitrogen and oxygen atoms in total. The van der Waals surface area contributed by atoms with Gasteiger partial charge in [0, 0.05) is 16.0 Å². The average Bonchev–Trinajstić information content (AvgIpc) is 2.45. The van der Waals surface area contributed by atoms with Crippen LogP contribution in [0.2, 0.25) is 0 Å². The zero-order valence-corrected chi connectivity index (χ0v) is 9.48. The Balaban J connectivity index is 2.35. The predicted molar refractivity (Wildman–Crippen MR) is 61.9 cm³/mol. The smallest absolute Gasteiger partial charge is 0.106 e. The van der Waals surface area contributed by atoms with E-state index in [9.17, 15) is 0 Å². The third kappa shape index (κ3) is 1.73. The van der Waals surface area contributed by atoms with Crippen molar-refractivity contribution < 1.29 is 0 Å². The zero-order valence-electron chi connectivity index (χ0n) is 8.66. The van der Waals surface area contributed by atoms with E-state index in [4.69, 9.17) is 0 Å². The maximum absolute atomic E-state index is 4.56. The zero-order chi connectivity index (χ0) is 10.1. The van der Waals surface area contributed by atoms with Crippen LogP contribution in [0.25, 0.3) is 0 Å². The van der Waals surface area contributed by atoms with E-state index in [2.05, 4.69) is 36.3 Å². The lowest BCUT2D eigenvalue weighted by atomic mass is 10.1. The van der Waals surface area contributed by atoms with E-state index in [1.54, 1.807) is 0 Å². The SMILES string of the molecule is CC1=NC(c2sc(C)cc2C)C=CN1. The van der Waals surface area contributed by atoms with Crippen molar-refractivity contribution in [2.45, 2.75) is 26.8 Å². The summed E-state index contributed by atoms with van der Waals surface area (Å²) in [6.07, 6.45) is 4.08. The van der Waals surface area contributed by atoms with E-state index in [-0.39, 0.29) is 6.04 Å². The highest BCUT2D eigenvalue weighted by Crippen LogP contribution is 2.31. The van der Waals surface area contributed by atoms with E-state index in [1.165, 1.54) is 15.3 Å². The predicted octanol–water partition coefficient (Wildman–Crippen LogP) is 2.94. The van der Waals surface area contributed by atoms with Gasteiger partial charge < -0.3 is 5.32 Å². The van der Waals surface area contributed by atoms with Gasteiger partial charge in [-0.15, -0.1) is 11.3 Å². The van der Waals surface area contributed by atoms with Gasteiger partial charge in [-0.1, -0.05) is 0 Å². The van der Waals surface area contributed by atoms with Crippen molar-refractivity contribution in [3.63, 3.8) is 0 Å². The monoisotopic (exact) mass is 206 g/mol. The van der Waals surface area contributed by atoms with Gasteiger partial charge in [-0.3, -0.25) is 4.99 Å². The van der Waals surface area contributed by atoms with Gasteiger partial charge in [-0.25, -0.2) is 0 Å².